The number of piperazine rings is 1. The molecule has 1 aliphatic heterocycles. The van der Waals surface area contributed by atoms with Crippen LogP contribution in [0.4, 0.5) is 17.1 Å². The van der Waals surface area contributed by atoms with E-state index in [1.54, 1.807) is 69.9 Å². The number of nitrogen functional groups attached to an aromatic ring is 1. The summed E-state index contributed by atoms with van der Waals surface area (Å²) >= 11 is 0. The number of rotatable bonds is 8. The number of carbonyl (C=O) groups excluding carboxylic acids is 2. The second kappa shape index (κ2) is 12.1. The zero-order chi connectivity index (χ0) is 27.1. The van der Waals surface area contributed by atoms with Crippen LogP contribution in [0.25, 0.3) is 6.08 Å². The summed E-state index contributed by atoms with van der Waals surface area (Å²) in [6, 6.07) is 18.2. The predicted molar refractivity (Wildman–Crippen MR) is 149 cm³/mol. The van der Waals surface area contributed by atoms with Crippen LogP contribution in [0.3, 0.4) is 0 Å². The highest BCUT2D eigenvalue weighted by Crippen LogP contribution is 2.38. The molecule has 3 aromatic rings. The number of nitrogens with zero attached hydrogens (tertiary/aromatic N) is 2. The number of benzene rings is 3. The number of methoxy groups -OCH3 is 3. The van der Waals surface area contributed by atoms with Crippen LogP contribution in [-0.2, 0) is 4.79 Å². The lowest BCUT2D eigenvalue weighted by molar-refractivity contribution is -0.126. The van der Waals surface area contributed by atoms with E-state index in [9.17, 15) is 9.59 Å². The Kier molecular flexibility index (Phi) is 8.37. The van der Waals surface area contributed by atoms with Crippen molar-refractivity contribution in [1.82, 2.24) is 4.90 Å². The van der Waals surface area contributed by atoms with Gasteiger partial charge in [-0.1, -0.05) is 12.1 Å². The van der Waals surface area contributed by atoms with Crippen LogP contribution in [0.2, 0.25) is 0 Å². The minimum Gasteiger partial charge on any atom is -0.493 e. The van der Waals surface area contributed by atoms with E-state index in [4.69, 9.17) is 19.9 Å². The van der Waals surface area contributed by atoms with Gasteiger partial charge in [-0.2, -0.15) is 0 Å². The molecule has 2 amide bonds. The number of hydrogen-bond donors (Lipinski definition) is 2. The number of ether oxygens (including phenoxy) is 3. The van der Waals surface area contributed by atoms with E-state index in [1.807, 2.05) is 29.2 Å². The molecule has 0 aliphatic carbocycles. The van der Waals surface area contributed by atoms with Crippen LogP contribution in [0, 0.1) is 0 Å². The highest BCUT2D eigenvalue weighted by atomic mass is 16.5. The molecule has 0 aromatic heterocycles. The number of hydrogen-bond acceptors (Lipinski definition) is 7. The lowest BCUT2D eigenvalue weighted by atomic mass is 10.1. The molecule has 4 rings (SSSR count). The Hall–Kier alpha value is -4.66. The van der Waals surface area contributed by atoms with Gasteiger partial charge in [-0.25, -0.2) is 0 Å². The molecule has 9 nitrogen and oxygen atoms in total. The molecule has 1 heterocycles. The normalized spacial score (nSPS) is 13.3. The molecule has 38 heavy (non-hydrogen) atoms. The SMILES string of the molecule is COc1cc(/C=C/C(=O)N2CCN(c3ccc(C(=O)Nc4ccccc4N)cc3)CC2)cc(OC)c1OC. The molecule has 0 atom stereocenters. The fourth-order valence-corrected chi connectivity index (χ4v) is 4.28. The average Bonchev–Trinajstić information content (AvgIpc) is 2.96. The second-order valence-electron chi connectivity index (χ2n) is 8.69. The fourth-order valence-electron chi connectivity index (χ4n) is 4.28. The Labute approximate surface area is 222 Å². The maximum Gasteiger partial charge on any atom is 0.255 e. The number of carbonyl (C=O) groups is 2. The zero-order valence-electron chi connectivity index (χ0n) is 21.8. The van der Waals surface area contributed by atoms with Crippen LogP contribution in [-0.4, -0.2) is 64.2 Å². The van der Waals surface area contributed by atoms with Gasteiger partial charge >= 0.3 is 0 Å². The number of anilines is 3. The van der Waals surface area contributed by atoms with E-state index in [2.05, 4.69) is 10.2 Å². The smallest absolute Gasteiger partial charge is 0.255 e. The summed E-state index contributed by atoms with van der Waals surface area (Å²) < 4.78 is 16.1. The molecular weight excluding hydrogens is 484 g/mol. The minimum atomic E-state index is -0.219. The van der Waals surface area contributed by atoms with E-state index in [1.165, 1.54) is 0 Å². The van der Waals surface area contributed by atoms with Crippen molar-refractivity contribution in [2.45, 2.75) is 0 Å². The summed E-state index contributed by atoms with van der Waals surface area (Å²) in [4.78, 5) is 29.4. The average molecular weight is 517 g/mol. The van der Waals surface area contributed by atoms with Crippen LogP contribution in [0.15, 0.2) is 66.7 Å². The lowest BCUT2D eigenvalue weighted by Gasteiger charge is -2.35. The van der Waals surface area contributed by atoms with Gasteiger partial charge in [-0.15, -0.1) is 0 Å². The molecule has 9 heteroatoms. The van der Waals surface area contributed by atoms with Gasteiger partial charge in [0.25, 0.3) is 5.91 Å². The number of amides is 2. The molecule has 3 aromatic carbocycles. The maximum atomic E-state index is 12.8. The number of nitrogens with one attached hydrogen (secondary N) is 1. The van der Waals surface area contributed by atoms with Crippen molar-refractivity contribution >= 4 is 35.0 Å². The first-order chi connectivity index (χ1) is 18.4. The van der Waals surface area contributed by atoms with E-state index < -0.39 is 0 Å². The molecule has 1 fully saturated rings. The third kappa shape index (κ3) is 6.00. The van der Waals surface area contributed by atoms with Crippen LogP contribution < -0.4 is 30.2 Å². The topological polar surface area (TPSA) is 106 Å². The molecule has 1 saturated heterocycles. The first-order valence-electron chi connectivity index (χ1n) is 12.2. The highest BCUT2D eigenvalue weighted by Gasteiger charge is 2.20. The van der Waals surface area contributed by atoms with Gasteiger partial charge in [-0.3, -0.25) is 9.59 Å². The number of para-hydroxylation sites is 2. The van der Waals surface area contributed by atoms with Crippen LogP contribution in [0.1, 0.15) is 15.9 Å². The monoisotopic (exact) mass is 516 g/mol. The van der Waals surface area contributed by atoms with E-state index in [-0.39, 0.29) is 11.8 Å². The van der Waals surface area contributed by atoms with Gasteiger partial charge < -0.3 is 35.1 Å². The zero-order valence-corrected chi connectivity index (χ0v) is 21.8. The Bertz CT molecular complexity index is 1290. The molecule has 3 N–H and O–H groups in total. The Morgan fingerprint density at radius 1 is 0.868 bits per heavy atom. The van der Waals surface area contributed by atoms with Crippen molar-refractivity contribution in [3.05, 3.63) is 77.9 Å². The molecule has 0 spiro atoms. The summed E-state index contributed by atoms with van der Waals surface area (Å²) in [7, 11) is 4.66. The largest absolute Gasteiger partial charge is 0.493 e. The highest BCUT2D eigenvalue weighted by molar-refractivity contribution is 6.05. The predicted octanol–water partition coefficient (Wildman–Crippen LogP) is 3.91. The standard InChI is InChI=1S/C29H32N4O5/c1-36-25-18-20(19-26(37-2)28(25)38-3)8-13-27(34)33-16-14-32(15-17-33)22-11-9-21(10-12-22)29(35)31-24-7-5-4-6-23(24)30/h4-13,18-19H,14-17,30H2,1-3H3,(H,31,35)/b13-8+. The van der Waals surface area contributed by atoms with Gasteiger partial charge in [0, 0.05) is 43.5 Å². The first kappa shape index (κ1) is 26.4. The molecule has 0 unspecified atom stereocenters. The van der Waals surface area contributed by atoms with Crippen LogP contribution in [0.5, 0.6) is 17.2 Å². The van der Waals surface area contributed by atoms with Crippen molar-refractivity contribution in [3.63, 3.8) is 0 Å². The van der Waals surface area contributed by atoms with Gasteiger partial charge in [0.2, 0.25) is 11.7 Å². The minimum absolute atomic E-state index is 0.0643. The maximum absolute atomic E-state index is 12.8. The second-order valence-corrected chi connectivity index (χ2v) is 8.69. The first-order valence-corrected chi connectivity index (χ1v) is 12.2. The van der Waals surface area contributed by atoms with Crippen molar-refractivity contribution in [1.29, 1.82) is 0 Å². The summed E-state index contributed by atoms with van der Waals surface area (Å²) in [5.74, 6) is 1.28. The molecular formula is C29H32N4O5. The molecule has 1 aliphatic rings. The Morgan fingerprint density at radius 3 is 2.08 bits per heavy atom. The fraction of sp³-hybridized carbons (Fsp3) is 0.241. The van der Waals surface area contributed by atoms with Gasteiger partial charge in [0.15, 0.2) is 11.5 Å². The molecule has 0 bridgehead atoms. The van der Waals surface area contributed by atoms with E-state index >= 15 is 0 Å². The Balaban J connectivity index is 1.33. The molecule has 198 valence electrons. The van der Waals surface area contributed by atoms with Gasteiger partial charge in [0.1, 0.15) is 0 Å². The van der Waals surface area contributed by atoms with Crippen molar-refractivity contribution in [3.8, 4) is 17.2 Å². The summed E-state index contributed by atoms with van der Waals surface area (Å²) in [5.41, 5.74) is 9.33. The number of nitrogens with two attached hydrogens (primary N) is 1. The van der Waals surface area contributed by atoms with Gasteiger partial charge in [-0.05, 0) is 60.2 Å². The van der Waals surface area contributed by atoms with E-state index in [0.29, 0.717) is 60.4 Å². The quantitative estimate of drug-likeness (QED) is 0.345. The molecule has 0 radical (unpaired) electrons. The summed E-state index contributed by atoms with van der Waals surface area (Å²) in [5, 5.41) is 2.84. The summed E-state index contributed by atoms with van der Waals surface area (Å²) in [6.45, 7) is 2.56. The van der Waals surface area contributed by atoms with Crippen LogP contribution >= 0.6 is 0 Å². The van der Waals surface area contributed by atoms with Crippen molar-refractivity contribution in [2.24, 2.45) is 0 Å². The van der Waals surface area contributed by atoms with Crippen molar-refractivity contribution in [2.75, 3.05) is 63.5 Å². The third-order valence-corrected chi connectivity index (χ3v) is 6.40. The van der Waals surface area contributed by atoms with Gasteiger partial charge in [0.05, 0.1) is 32.7 Å². The Morgan fingerprint density at radius 2 is 1.50 bits per heavy atom. The molecule has 0 saturated carbocycles. The van der Waals surface area contributed by atoms with E-state index in [0.717, 1.165) is 11.3 Å². The van der Waals surface area contributed by atoms with Crippen molar-refractivity contribution < 1.29 is 23.8 Å². The lowest BCUT2D eigenvalue weighted by Crippen LogP contribution is -2.48. The summed E-state index contributed by atoms with van der Waals surface area (Å²) in [6.07, 6.45) is 3.30. The third-order valence-electron chi connectivity index (χ3n) is 6.40.